The average molecular weight is 305 g/mol. The van der Waals surface area contributed by atoms with Crippen LogP contribution in [-0.4, -0.2) is 12.1 Å². The van der Waals surface area contributed by atoms with Gasteiger partial charge in [0.15, 0.2) is 0 Å². The van der Waals surface area contributed by atoms with Crippen molar-refractivity contribution in [3.8, 4) is 5.75 Å². The third-order valence-electron chi connectivity index (χ3n) is 2.60. The lowest BCUT2D eigenvalue weighted by atomic mass is 10.3. The zero-order valence-electron chi connectivity index (χ0n) is 11.9. The van der Waals surface area contributed by atoms with Gasteiger partial charge in [0, 0.05) is 10.7 Å². The molecule has 0 aliphatic rings. The van der Waals surface area contributed by atoms with Gasteiger partial charge in [0.05, 0.1) is 11.8 Å². The van der Waals surface area contributed by atoms with Crippen LogP contribution in [-0.2, 0) is 0 Å². The van der Waals surface area contributed by atoms with Crippen LogP contribution >= 0.6 is 11.6 Å². The second kappa shape index (κ2) is 6.99. The van der Waals surface area contributed by atoms with Crippen LogP contribution in [0.3, 0.4) is 0 Å². The molecule has 4 nitrogen and oxygen atoms in total. The van der Waals surface area contributed by atoms with Crippen LogP contribution in [0.1, 0.15) is 13.8 Å². The molecule has 0 aliphatic heterocycles. The number of carbonyl (C=O) groups is 1. The van der Waals surface area contributed by atoms with Crippen molar-refractivity contribution >= 4 is 29.0 Å². The molecule has 0 aromatic heterocycles. The van der Waals surface area contributed by atoms with Crippen molar-refractivity contribution in [1.29, 1.82) is 0 Å². The molecular weight excluding hydrogens is 288 g/mol. The standard InChI is InChI=1S/C16H17ClN2O2/c1-11(2)21-15-6-4-3-5-14(15)19-16(20)18-13-9-7-12(17)8-10-13/h3-11H,1-2H3,(H2,18,19,20). The zero-order chi connectivity index (χ0) is 15.2. The van der Waals surface area contributed by atoms with Gasteiger partial charge in [-0.3, -0.25) is 0 Å². The topological polar surface area (TPSA) is 50.4 Å². The van der Waals surface area contributed by atoms with E-state index in [9.17, 15) is 4.79 Å². The molecule has 5 heteroatoms. The Hall–Kier alpha value is -2.20. The monoisotopic (exact) mass is 304 g/mol. The summed E-state index contributed by atoms with van der Waals surface area (Å²) >= 11 is 5.80. The minimum atomic E-state index is -0.336. The number of nitrogens with one attached hydrogen (secondary N) is 2. The largest absolute Gasteiger partial charge is 0.489 e. The number of hydrogen-bond donors (Lipinski definition) is 2. The predicted molar refractivity (Wildman–Crippen MR) is 86.3 cm³/mol. The lowest BCUT2D eigenvalue weighted by Gasteiger charge is -2.15. The molecule has 0 aliphatic carbocycles. The number of para-hydroxylation sites is 2. The molecule has 21 heavy (non-hydrogen) atoms. The average Bonchev–Trinajstić information content (AvgIpc) is 2.43. The van der Waals surface area contributed by atoms with Crippen LogP contribution in [0.4, 0.5) is 16.2 Å². The maximum absolute atomic E-state index is 12.0. The molecule has 2 aromatic carbocycles. The molecule has 0 unspecified atom stereocenters. The second-order valence-electron chi connectivity index (χ2n) is 4.75. The summed E-state index contributed by atoms with van der Waals surface area (Å²) in [5, 5.41) is 6.13. The summed E-state index contributed by atoms with van der Waals surface area (Å²) in [6.07, 6.45) is 0.0345. The van der Waals surface area contributed by atoms with E-state index in [1.54, 1.807) is 30.3 Å². The number of urea groups is 1. The normalized spacial score (nSPS) is 10.3. The molecule has 0 radical (unpaired) electrons. The van der Waals surface area contributed by atoms with Gasteiger partial charge in [0.1, 0.15) is 5.75 Å². The molecular formula is C16H17ClN2O2. The number of ether oxygens (including phenoxy) is 1. The number of halogens is 1. The fourth-order valence-electron chi connectivity index (χ4n) is 1.74. The minimum absolute atomic E-state index is 0.0345. The van der Waals surface area contributed by atoms with Gasteiger partial charge in [-0.05, 0) is 50.2 Å². The molecule has 2 aromatic rings. The Bertz CT molecular complexity index is 612. The van der Waals surface area contributed by atoms with Gasteiger partial charge < -0.3 is 15.4 Å². The lowest BCUT2D eigenvalue weighted by Crippen LogP contribution is -2.20. The van der Waals surface area contributed by atoms with Crippen LogP contribution in [0, 0.1) is 0 Å². The predicted octanol–water partition coefficient (Wildman–Crippen LogP) is 4.77. The molecule has 110 valence electrons. The van der Waals surface area contributed by atoms with Crippen LogP contribution in [0.15, 0.2) is 48.5 Å². The molecule has 2 rings (SSSR count). The van der Waals surface area contributed by atoms with Crippen molar-refractivity contribution in [2.24, 2.45) is 0 Å². The van der Waals surface area contributed by atoms with Gasteiger partial charge in [0.2, 0.25) is 0 Å². The first-order chi connectivity index (χ1) is 10.0. The van der Waals surface area contributed by atoms with E-state index in [0.717, 1.165) is 0 Å². The van der Waals surface area contributed by atoms with E-state index < -0.39 is 0 Å². The fraction of sp³-hybridized carbons (Fsp3) is 0.188. The first kappa shape index (κ1) is 15.2. The van der Waals surface area contributed by atoms with Crippen LogP contribution in [0.25, 0.3) is 0 Å². The summed E-state index contributed by atoms with van der Waals surface area (Å²) in [6, 6.07) is 13.9. The Morgan fingerprint density at radius 1 is 1.05 bits per heavy atom. The van der Waals surface area contributed by atoms with Crippen molar-refractivity contribution < 1.29 is 9.53 Å². The Morgan fingerprint density at radius 3 is 2.38 bits per heavy atom. The number of hydrogen-bond acceptors (Lipinski definition) is 2. The summed E-state index contributed by atoms with van der Waals surface area (Å²) in [7, 11) is 0. The van der Waals surface area contributed by atoms with E-state index >= 15 is 0 Å². The van der Waals surface area contributed by atoms with Gasteiger partial charge in [-0.25, -0.2) is 4.79 Å². The van der Waals surface area contributed by atoms with Crippen LogP contribution < -0.4 is 15.4 Å². The maximum Gasteiger partial charge on any atom is 0.323 e. The molecule has 0 saturated heterocycles. The quantitative estimate of drug-likeness (QED) is 0.854. The maximum atomic E-state index is 12.0. The highest BCUT2D eigenvalue weighted by atomic mass is 35.5. The number of amides is 2. The van der Waals surface area contributed by atoms with Crippen molar-refractivity contribution in [2.45, 2.75) is 20.0 Å². The van der Waals surface area contributed by atoms with Gasteiger partial charge in [-0.2, -0.15) is 0 Å². The molecule has 0 bridgehead atoms. The summed E-state index contributed by atoms with van der Waals surface area (Å²) < 4.78 is 5.65. The molecule has 0 heterocycles. The highest BCUT2D eigenvalue weighted by Gasteiger charge is 2.08. The van der Waals surface area contributed by atoms with Crippen molar-refractivity contribution in [3.05, 3.63) is 53.6 Å². The molecule has 2 amide bonds. The Kier molecular flexibility index (Phi) is 5.06. The smallest absolute Gasteiger partial charge is 0.323 e. The summed E-state index contributed by atoms with van der Waals surface area (Å²) in [5.74, 6) is 0.638. The van der Waals surface area contributed by atoms with Gasteiger partial charge in [-0.1, -0.05) is 23.7 Å². The van der Waals surface area contributed by atoms with Crippen LogP contribution in [0.5, 0.6) is 5.75 Å². The van der Waals surface area contributed by atoms with E-state index in [4.69, 9.17) is 16.3 Å². The lowest BCUT2D eigenvalue weighted by molar-refractivity contribution is 0.243. The molecule has 0 fully saturated rings. The molecule has 0 saturated carbocycles. The Labute approximate surface area is 129 Å². The number of carbonyl (C=O) groups excluding carboxylic acids is 1. The minimum Gasteiger partial charge on any atom is -0.489 e. The second-order valence-corrected chi connectivity index (χ2v) is 5.19. The highest BCUT2D eigenvalue weighted by Crippen LogP contribution is 2.25. The number of anilines is 2. The third-order valence-corrected chi connectivity index (χ3v) is 2.85. The SMILES string of the molecule is CC(C)Oc1ccccc1NC(=O)Nc1ccc(Cl)cc1. The van der Waals surface area contributed by atoms with Gasteiger partial charge in [0.25, 0.3) is 0 Å². The molecule has 0 spiro atoms. The van der Waals surface area contributed by atoms with Gasteiger partial charge >= 0.3 is 6.03 Å². The molecule has 2 N–H and O–H groups in total. The van der Waals surface area contributed by atoms with E-state index in [-0.39, 0.29) is 12.1 Å². The van der Waals surface area contributed by atoms with Crippen molar-refractivity contribution in [3.63, 3.8) is 0 Å². The van der Waals surface area contributed by atoms with E-state index in [1.807, 2.05) is 32.0 Å². The third kappa shape index (κ3) is 4.68. The first-order valence-electron chi connectivity index (χ1n) is 6.64. The molecule has 0 atom stereocenters. The summed E-state index contributed by atoms with van der Waals surface area (Å²) in [5.41, 5.74) is 1.29. The van der Waals surface area contributed by atoms with Crippen LogP contribution in [0.2, 0.25) is 5.02 Å². The number of rotatable bonds is 4. The highest BCUT2D eigenvalue weighted by molar-refractivity contribution is 6.30. The summed E-state index contributed by atoms with van der Waals surface area (Å²) in [6.45, 7) is 3.87. The van der Waals surface area contributed by atoms with E-state index in [2.05, 4.69) is 10.6 Å². The van der Waals surface area contributed by atoms with E-state index in [0.29, 0.717) is 22.1 Å². The Morgan fingerprint density at radius 2 is 1.71 bits per heavy atom. The number of benzene rings is 2. The Balaban J connectivity index is 2.04. The van der Waals surface area contributed by atoms with E-state index in [1.165, 1.54) is 0 Å². The summed E-state index contributed by atoms with van der Waals surface area (Å²) in [4.78, 5) is 12.0. The van der Waals surface area contributed by atoms with Crippen molar-refractivity contribution in [2.75, 3.05) is 10.6 Å². The van der Waals surface area contributed by atoms with Crippen molar-refractivity contribution in [1.82, 2.24) is 0 Å². The first-order valence-corrected chi connectivity index (χ1v) is 7.01. The zero-order valence-corrected chi connectivity index (χ0v) is 12.6. The fourth-order valence-corrected chi connectivity index (χ4v) is 1.87. The van der Waals surface area contributed by atoms with Gasteiger partial charge in [-0.15, -0.1) is 0 Å².